The molecule has 0 fully saturated rings. The molecular weight excluding hydrogens is 841 g/mol. The van der Waals surface area contributed by atoms with E-state index in [1.165, 1.54) is 180 Å². The Morgan fingerprint density at radius 2 is 0.500 bits per heavy atom. The van der Waals surface area contributed by atoms with E-state index in [1.54, 1.807) is 0 Å². The van der Waals surface area contributed by atoms with Gasteiger partial charge in [-0.15, -0.1) is 0 Å². The topological polar surface area (TPSA) is 71.1 Å². The molecule has 386 valence electrons. The highest BCUT2D eigenvalue weighted by Gasteiger charge is 2.18. The number of carbonyl (C=O) groups excluding carboxylic acids is 2. The number of rotatable bonds is 42. The highest BCUT2D eigenvalue weighted by Crippen LogP contribution is 2.43. The molecule has 0 unspecified atom stereocenters. The van der Waals surface area contributed by atoms with Crippen LogP contribution in [0.3, 0.4) is 0 Å². The molecule has 0 spiro atoms. The Bertz CT molecular complexity index is 1550. The van der Waals surface area contributed by atoms with E-state index in [2.05, 4.69) is 48.5 Å². The quantitative estimate of drug-likeness (QED) is 0.0320. The monoisotopic (exact) mass is 943 g/mol. The zero-order valence-corrected chi connectivity index (χ0v) is 44.9. The number of unbranched alkanes of at least 4 members (excludes halogenated alkanes) is 32. The molecule has 0 atom stereocenters. The second-order valence-corrected chi connectivity index (χ2v) is 22.1. The molecule has 6 heteroatoms. The SMILES string of the molecule is CC(C)(C)OC(=O)CCCCCCCCCCCCCCCCCCCOc1c2ccccc2c(OCCCCCCCCCCCCCCCCCCCC(=O)OC(C)(C)C)c2ccccc12. The molecule has 0 aromatic heterocycles. The molecule has 0 amide bonds. The zero-order chi connectivity index (χ0) is 49.0. The van der Waals surface area contributed by atoms with Crippen LogP contribution in [-0.2, 0) is 19.1 Å². The van der Waals surface area contributed by atoms with Crippen LogP contribution < -0.4 is 9.47 Å². The van der Waals surface area contributed by atoms with Crippen LogP contribution in [0.4, 0.5) is 0 Å². The summed E-state index contributed by atoms with van der Waals surface area (Å²) in [5.41, 5.74) is -0.735. The number of ether oxygens (including phenoxy) is 4. The Kier molecular flexibility index (Phi) is 31.8. The van der Waals surface area contributed by atoms with E-state index in [9.17, 15) is 9.59 Å². The van der Waals surface area contributed by atoms with E-state index < -0.39 is 0 Å². The molecule has 0 aliphatic heterocycles. The Morgan fingerprint density at radius 1 is 0.309 bits per heavy atom. The average Bonchev–Trinajstić information content (AvgIpc) is 3.29. The number of hydrogen-bond acceptors (Lipinski definition) is 6. The van der Waals surface area contributed by atoms with Gasteiger partial charge in [0.15, 0.2) is 0 Å². The van der Waals surface area contributed by atoms with E-state index in [0.717, 1.165) is 84.8 Å². The van der Waals surface area contributed by atoms with Gasteiger partial charge >= 0.3 is 11.9 Å². The lowest BCUT2D eigenvalue weighted by molar-refractivity contribution is -0.156. The molecule has 0 saturated heterocycles. The first-order valence-corrected chi connectivity index (χ1v) is 28.6. The van der Waals surface area contributed by atoms with Gasteiger partial charge in [-0.25, -0.2) is 0 Å². The van der Waals surface area contributed by atoms with Crippen molar-refractivity contribution < 1.29 is 28.5 Å². The van der Waals surface area contributed by atoms with Crippen molar-refractivity contribution in [2.24, 2.45) is 0 Å². The maximum absolute atomic E-state index is 11.8. The summed E-state index contributed by atoms with van der Waals surface area (Å²) in [5.74, 6) is 1.91. The molecule has 0 heterocycles. The van der Waals surface area contributed by atoms with E-state index in [1.807, 2.05) is 41.5 Å². The van der Waals surface area contributed by atoms with Crippen LogP contribution in [0.2, 0.25) is 0 Å². The molecule has 3 rings (SSSR count). The van der Waals surface area contributed by atoms with E-state index in [0.29, 0.717) is 12.8 Å². The summed E-state index contributed by atoms with van der Waals surface area (Å²) in [6.45, 7) is 13.1. The van der Waals surface area contributed by atoms with Gasteiger partial charge in [-0.3, -0.25) is 9.59 Å². The van der Waals surface area contributed by atoms with Gasteiger partial charge in [0.1, 0.15) is 22.7 Å². The number of carbonyl (C=O) groups is 2. The maximum Gasteiger partial charge on any atom is 0.306 e. The van der Waals surface area contributed by atoms with Crippen LogP contribution in [0.5, 0.6) is 11.5 Å². The van der Waals surface area contributed by atoms with E-state index in [4.69, 9.17) is 18.9 Å². The Labute approximate surface area is 417 Å². The largest absolute Gasteiger partial charge is 0.492 e. The standard InChI is InChI=1S/C62H102O6/c1-61(2,3)67-57(63)49-37-33-29-25-21-17-13-9-7-11-15-19-23-27-31-35-43-51-65-59-53-45-39-41-47-55(53)60(56-48-42-40-46-54(56)59)66-52-44-36-32-28-24-20-16-12-8-10-14-18-22-26-30-34-38-50-58(64)68-62(4,5)6/h39-42,45-48H,7-38,43-44,49-52H2,1-6H3. The lowest BCUT2D eigenvalue weighted by atomic mass is 10.0. The lowest BCUT2D eigenvalue weighted by Gasteiger charge is -2.19. The fraction of sp³-hybridized carbons (Fsp3) is 0.742. The Hall–Kier alpha value is -3.28. The van der Waals surface area contributed by atoms with Gasteiger partial charge < -0.3 is 18.9 Å². The van der Waals surface area contributed by atoms with Gasteiger partial charge in [0.2, 0.25) is 0 Å². The maximum atomic E-state index is 11.8. The summed E-state index contributed by atoms with van der Waals surface area (Å²) in [6, 6.07) is 17.3. The predicted octanol–water partition coefficient (Wildman–Crippen LogP) is 19.5. The van der Waals surface area contributed by atoms with Crippen LogP contribution in [0, 0.1) is 0 Å². The average molecular weight is 943 g/mol. The van der Waals surface area contributed by atoms with Crippen molar-refractivity contribution in [3.8, 4) is 11.5 Å². The summed E-state index contributed by atoms with van der Waals surface area (Å²) in [4.78, 5) is 23.6. The molecule has 3 aromatic carbocycles. The molecular formula is C62H102O6. The number of esters is 2. The molecule has 3 aromatic rings. The van der Waals surface area contributed by atoms with Crippen LogP contribution in [0.15, 0.2) is 48.5 Å². The van der Waals surface area contributed by atoms with Crippen molar-refractivity contribution in [2.75, 3.05) is 13.2 Å². The summed E-state index contributed by atoms with van der Waals surface area (Å²) in [5, 5.41) is 4.63. The van der Waals surface area contributed by atoms with Gasteiger partial charge in [-0.2, -0.15) is 0 Å². The van der Waals surface area contributed by atoms with Crippen molar-refractivity contribution in [1.82, 2.24) is 0 Å². The summed E-state index contributed by atoms with van der Waals surface area (Å²) < 4.78 is 24.0. The minimum Gasteiger partial charge on any atom is -0.492 e. The molecule has 0 N–H and O–H groups in total. The third-order valence-corrected chi connectivity index (χ3v) is 13.2. The molecule has 6 nitrogen and oxygen atoms in total. The Morgan fingerprint density at radius 3 is 0.706 bits per heavy atom. The second-order valence-electron chi connectivity index (χ2n) is 22.1. The van der Waals surface area contributed by atoms with Gasteiger partial charge in [-0.05, 0) is 67.2 Å². The summed E-state index contributed by atoms with van der Waals surface area (Å²) in [7, 11) is 0. The van der Waals surface area contributed by atoms with Crippen molar-refractivity contribution >= 4 is 33.5 Å². The fourth-order valence-electron chi connectivity index (χ4n) is 9.54. The molecule has 0 saturated carbocycles. The van der Waals surface area contributed by atoms with Crippen LogP contribution in [-0.4, -0.2) is 36.4 Å². The first kappa shape index (κ1) is 59.0. The van der Waals surface area contributed by atoms with Crippen molar-refractivity contribution in [3.05, 3.63) is 48.5 Å². The normalized spacial score (nSPS) is 12.0. The van der Waals surface area contributed by atoms with Crippen molar-refractivity contribution in [2.45, 2.75) is 284 Å². The van der Waals surface area contributed by atoms with Gasteiger partial charge in [-0.1, -0.05) is 241 Å². The third-order valence-electron chi connectivity index (χ3n) is 13.2. The zero-order valence-electron chi connectivity index (χ0n) is 44.9. The second kappa shape index (κ2) is 36.6. The molecule has 0 aliphatic rings. The first-order valence-electron chi connectivity index (χ1n) is 28.6. The first-order chi connectivity index (χ1) is 32.9. The van der Waals surface area contributed by atoms with Crippen LogP contribution in [0.1, 0.15) is 273 Å². The van der Waals surface area contributed by atoms with Crippen molar-refractivity contribution in [3.63, 3.8) is 0 Å². The van der Waals surface area contributed by atoms with Crippen molar-refractivity contribution in [1.29, 1.82) is 0 Å². The summed E-state index contributed by atoms with van der Waals surface area (Å²) >= 11 is 0. The number of hydrogen-bond donors (Lipinski definition) is 0. The van der Waals surface area contributed by atoms with Crippen LogP contribution >= 0.6 is 0 Å². The van der Waals surface area contributed by atoms with Gasteiger partial charge in [0.25, 0.3) is 0 Å². The van der Waals surface area contributed by atoms with Gasteiger partial charge in [0, 0.05) is 34.4 Å². The highest BCUT2D eigenvalue weighted by molar-refractivity contribution is 6.11. The minimum atomic E-state index is -0.368. The lowest BCUT2D eigenvalue weighted by Crippen LogP contribution is -2.23. The number of benzene rings is 3. The Balaban J connectivity index is 1.15. The summed E-state index contributed by atoms with van der Waals surface area (Å²) in [6.07, 6.45) is 45.0. The number of fused-ring (bicyclic) bond motifs is 2. The van der Waals surface area contributed by atoms with E-state index in [-0.39, 0.29) is 23.1 Å². The predicted molar refractivity (Wildman–Crippen MR) is 290 cm³/mol. The van der Waals surface area contributed by atoms with E-state index >= 15 is 0 Å². The fourth-order valence-corrected chi connectivity index (χ4v) is 9.54. The molecule has 0 bridgehead atoms. The molecule has 0 radical (unpaired) electrons. The molecule has 68 heavy (non-hydrogen) atoms. The smallest absolute Gasteiger partial charge is 0.306 e. The highest BCUT2D eigenvalue weighted by atomic mass is 16.6. The minimum absolute atomic E-state index is 0.0538. The van der Waals surface area contributed by atoms with Gasteiger partial charge in [0.05, 0.1) is 13.2 Å². The molecule has 0 aliphatic carbocycles. The third kappa shape index (κ3) is 29.0. The van der Waals surface area contributed by atoms with Crippen LogP contribution in [0.25, 0.3) is 21.5 Å².